The number of rotatable bonds is 1. The Morgan fingerprint density at radius 2 is 2.00 bits per heavy atom. The van der Waals surface area contributed by atoms with Crippen molar-refractivity contribution in [2.24, 2.45) is 14.1 Å². The molecule has 2 heterocycles. The van der Waals surface area contributed by atoms with Gasteiger partial charge in [0.25, 0.3) is 5.82 Å². The Kier molecular flexibility index (Phi) is 2.07. The molecule has 0 saturated heterocycles. The average Bonchev–Trinajstić information content (AvgIpc) is 2.89. The van der Waals surface area contributed by atoms with Crippen molar-refractivity contribution in [2.45, 2.75) is 0 Å². The van der Waals surface area contributed by atoms with Crippen LogP contribution < -0.4 is 4.57 Å². The maximum atomic E-state index is 2.25. The van der Waals surface area contributed by atoms with Gasteiger partial charge in [-0.3, -0.25) is 0 Å². The molecule has 0 aliphatic carbocycles. The molecular weight excluding hydrogens is 216 g/mol. The smallest absolute Gasteiger partial charge is 0.226 e. The van der Waals surface area contributed by atoms with Crippen molar-refractivity contribution >= 4 is 22.4 Å². The Hall–Kier alpha value is -1.61. The van der Waals surface area contributed by atoms with E-state index >= 15 is 0 Å². The first-order valence-electron chi connectivity index (χ1n) is 5.25. The third-order valence-electron chi connectivity index (χ3n) is 3.02. The summed E-state index contributed by atoms with van der Waals surface area (Å²) >= 11 is 1.74. The zero-order chi connectivity index (χ0) is 11.1. The molecule has 0 N–H and O–H groups in total. The van der Waals surface area contributed by atoms with Gasteiger partial charge in [-0.05, 0) is 23.6 Å². The fraction of sp³-hybridized carbons (Fsp3) is 0.154. The summed E-state index contributed by atoms with van der Waals surface area (Å²) in [5.41, 5.74) is 3.82. The van der Waals surface area contributed by atoms with E-state index in [4.69, 9.17) is 0 Å². The number of imidazole rings is 1. The highest BCUT2D eigenvalue weighted by Crippen LogP contribution is 2.23. The van der Waals surface area contributed by atoms with Crippen LogP contribution >= 0.6 is 11.3 Å². The van der Waals surface area contributed by atoms with E-state index < -0.39 is 0 Å². The first-order valence-corrected chi connectivity index (χ1v) is 6.19. The van der Waals surface area contributed by atoms with Gasteiger partial charge in [0.2, 0.25) is 0 Å². The Morgan fingerprint density at radius 1 is 1.19 bits per heavy atom. The van der Waals surface area contributed by atoms with Crippen molar-refractivity contribution < 1.29 is 4.57 Å². The van der Waals surface area contributed by atoms with Crippen LogP contribution in [0.3, 0.4) is 0 Å². The van der Waals surface area contributed by atoms with Gasteiger partial charge >= 0.3 is 0 Å². The third-order valence-corrected chi connectivity index (χ3v) is 3.70. The highest BCUT2D eigenvalue weighted by atomic mass is 32.1. The largest absolute Gasteiger partial charge is 0.290 e. The number of para-hydroxylation sites is 2. The molecule has 0 unspecified atom stereocenters. The summed E-state index contributed by atoms with van der Waals surface area (Å²) in [6.07, 6.45) is 0. The summed E-state index contributed by atoms with van der Waals surface area (Å²) in [6, 6.07) is 10.6. The first-order chi connectivity index (χ1) is 7.79. The maximum absolute atomic E-state index is 2.25. The van der Waals surface area contributed by atoms with E-state index in [-0.39, 0.29) is 0 Å². The van der Waals surface area contributed by atoms with Crippen LogP contribution in [0, 0.1) is 0 Å². The lowest BCUT2D eigenvalue weighted by Crippen LogP contribution is -2.29. The van der Waals surface area contributed by atoms with Crippen molar-refractivity contribution in [1.29, 1.82) is 0 Å². The minimum atomic E-state index is 1.25. The zero-order valence-electron chi connectivity index (χ0n) is 9.34. The summed E-state index contributed by atoms with van der Waals surface area (Å²) in [5, 5.41) is 4.31. The van der Waals surface area contributed by atoms with Gasteiger partial charge in [-0.2, -0.15) is 11.3 Å². The first kappa shape index (κ1) is 9.60. The SMILES string of the molecule is Cn1c(-c2ccsc2)[n+](C)c2ccccc21. The molecule has 2 aromatic heterocycles. The summed E-state index contributed by atoms with van der Waals surface area (Å²) in [5.74, 6) is 1.25. The van der Waals surface area contributed by atoms with E-state index in [1.54, 1.807) is 11.3 Å². The molecule has 0 aliphatic heterocycles. The van der Waals surface area contributed by atoms with Gasteiger partial charge in [0, 0.05) is 5.38 Å². The molecule has 0 bridgehead atoms. The Morgan fingerprint density at radius 3 is 2.69 bits per heavy atom. The molecule has 0 radical (unpaired) electrons. The molecule has 3 aromatic rings. The normalized spacial score (nSPS) is 11.1. The molecule has 2 nitrogen and oxygen atoms in total. The summed E-state index contributed by atoms with van der Waals surface area (Å²) in [7, 11) is 4.24. The lowest BCUT2D eigenvalue weighted by molar-refractivity contribution is -0.634. The van der Waals surface area contributed by atoms with Gasteiger partial charge < -0.3 is 0 Å². The van der Waals surface area contributed by atoms with Crippen LogP contribution in [0.25, 0.3) is 22.4 Å². The Bertz CT molecular complexity index is 596. The summed E-state index contributed by atoms with van der Waals surface area (Å²) < 4.78 is 4.49. The minimum absolute atomic E-state index is 1.25. The average molecular weight is 229 g/mol. The van der Waals surface area contributed by atoms with Crippen molar-refractivity contribution in [3.8, 4) is 11.4 Å². The number of hydrogen-bond acceptors (Lipinski definition) is 1. The molecule has 0 fully saturated rings. The van der Waals surface area contributed by atoms with Crippen molar-refractivity contribution in [2.75, 3.05) is 0 Å². The van der Waals surface area contributed by atoms with E-state index in [0.717, 1.165) is 0 Å². The van der Waals surface area contributed by atoms with Gasteiger partial charge in [-0.1, -0.05) is 12.1 Å². The lowest BCUT2D eigenvalue weighted by Gasteiger charge is -1.93. The van der Waals surface area contributed by atoms with Crippen LogP contribution in [-0.4, -0.2) is 4.57 Å². The van der Waals surface area contributed by atoms with E-state index in [2.05, 4.69) is 64.3 Å². The van der Waals surface area contributed by atoms with Crippen LogP contribution in [-0.2, 0) is 14.1 Å². The molecule has 16 heavy (non-hydrogen) atoms. The number of hydrogen-bond donors (Lipinski definition) is 0. The van der Waals surface area contributed by atoms with Crippen molar-refractivity contribution in [3.05, 3.63) is 41.1 Å². The second kappa shape index (κ2) is 3.46. The van der Waals surface area contributed by atoms with E-state index in [9.17, 15) is 0 Å². The van der Waals surface area contributed by atoms with Crippen LogP contribution in [0.5, 0.6) is 0 Å². The maximum Gasteiger partial charge on any atom is 0.290 e. The molecule has 0 spiro atoms. The fourth-order valence-electron chi connectivity index (χ4n) is 2.26. The third kappa shape index (κ3) is 1.21. The second-order valence-electron chi connectivity index (χ2n) is 3.94. The quantitative estimate of drug-likeness (QED) is 0.567. The summed E-state index contributed by atoms with van der Waals surface area (Å²) in [4.78, 5) is 0. The molecule has 3 heteroatoms. The zero-order valence-corrected chi connectivity index (χ0v) is 10.2. The van der Waals surface area contributed by atoms with Gasteiger partial charge in [-0.15, -0.1) is 0 Å². The van der Waals surface area contributed by atoms with Gasteiger partial charge in [0.1, 0.15) is 0 Å². The standard InChI is InChI=1S/C13H13N2S/c1-14-11-5-3-4-6-12(11)15(2)13(14)10-7-8-16-9-10/h3-9H,1-2H3/q+1. The fourth-order valence-corrected chi connectivity index (χ4v) is 2.90. The predicted octanol–water partition coefficient (Wildman–Crippen LogP) is 2.73. The molecule has 0 saturated carbocycles. The number of nitrogens with zero attached hydrogens (tertiary/aromatic N) is 2. The van der Waals surface area contributed by atoms with Crippen LogP contribution in [0.1, 0.15) is 0 Å². The van der Waals surface area contributed by atoms with E-state index in [0.29, 0.717) is 0 Å². The van der Waals surface area contributed by atoms with Gasteiger partial charge in [0.05, 0.1) is 19.7 Å². The molecule has 0 amide bonds. The Labute approximate surface area is 98.4 Å². The second-order valence-corrected chi connectivity index (χ2v) is 4.72. The van der Waals surface area contributed by atoms with E-state index in [1.807, 2.05) is 0 Å². The molecular formula is C13H13N2S+. The van der Waals surface area contributed by atoms with Crippen molar-refractivity contribution in [3.63, 3.8) is 0 Å². The monoisotopic (exact) mass is 229 g/mol. The molecule has 0 atom stereocenters. The molecule has 0 aliphatic rings. The molecule has 80 valence electrons. The highest BCUT2D eigenvalue weighted by Gasteiger charge is 2.20. The molecule has 3 rings (SSSR count). The number of thiophene rings is 1. The number of fused-ring (bicyclic) bond motifs is 1. The highest BCUT2D eigenvalue weighted by molar-refractivity contribution is 7.08. The van der Waals surface area contributed by atoms with Crippen LogP contribution in [0.2, 0.25) is 0 Å². The number of benzene rings is 1. The Balaban J connectivity index is 2.42. The van der Waals surface area contributed by atoms with Crippen LogP contribution in [0.15, 0.2) is 41.1 Å². The minimum Gasteiger partial charge on any atom is -0.226 e. The number of aromatic nitrogens is 2. The van der Waals surface area contributed by atoms with Crippen molar-refractivity contribution in [1.82, 2.24) is 4.57 Å². The number of aryl methyl sites for hydroxylation is 2. The molecule has 1 aromatic carbocycles. The predicted molar refractivity (Wildman–Crippen MR) is 67.4 cm³/mol. The van der Waals surface area contributed by atoms with Gasteiger partial charge in [-0.25, -0.2) is 9.13 Å². The lowest BCUT2D eigenvalue weighted by atomic mass is 10.3. The van der Waals surface area contributed by atoms with Crippen LogP contribution in [0.4, 0.5) is 0 Å². The summed E-state index contributed by atoms with van der Waals surface area (Å²) in [6.45, 7) is 0. The van der Waals surface area contributed by atoms with E-state index in [1.165, 1.54) is 22.4 Å². The van der Waals surface area contributed by atoms with Gasteiger partial charge in [0.15, 0.2) is 11.0 Å². The topological polar surface area (TPSA) is 8.81 Å².